The Kier molecular flexibility index (Phi) is 8.62. The summed E-state index contributed by atoms with van der Waals surface area (Å²) in [5, 5.41) is 9.08. The first kappa shape index (κ1) is 33.0. The Hall–Kier alpha value is -4.88. The third-order valence-electron chi connectivity index (χ3n) is 8.60. The quantitative estimate of drug-likeness (QED) is 0.190. The number of aromatic nitrogens is 7. The van der Waals surface area contributed by atoms with Crippen LogP contribution in [0.3, 0.4) is 0 Å². The van der Waals surface area contributed by atoms with Crippen molar-refractivity contribution >= 4 is 110 Å². The van der Waals surface area contributed by atoms with E-state index in [-0.39, 0.29) is 5.95 Å². The lowest BCUT2D eigenvalue weighted by Gasteiger charge is -2.10. The molecule has 0 saturated heterocycles. The molecule has 1 N–H and O–H groups in total. The van der Waals surface area contributed by atoms with Gasteiger partial charge >= 0.3 is 0 Å². The van der Waals surface area contributed by atoms with E-state index in [2.05, 4.69) is 109 Å². The van der Waals surface area contributed by atoms with Crippen LogP contribution in [0.15, 0.2) is 138 Å². The zero-order valence-corrected chi connectivity index (χ0v) is 33.1. The maximum atomic E-state index is 5.21. The summed E-state index contributed by atoms with van der Waals surface area (Å²) < 4.78 is 5.76. The monoisotopic (exact) mass is 930 g/mol. The van der Waals surface area contributed by atoms with Crippen molar-refractivity contribution in [1.29, 1.82) is 0 Å². The minimum atomic E-state index is 0.254. The molecule has 8 bridgehead atoms. The van der Waals surface area contributed by atoms with Crippen molar-refractivity contribution in [2.45, 2.75) is 0 Å². The van der Waals surface area contributed by atoms with Gasteiger partial charge in [0.25, 0.3) is 11.7 Å². The molecular formula is C40H22Br4N8. The largest absolute Gasteiger partial charge is 0.354 e. The average Bonchev–Trinajstić information content (AvgIpc) is 3.95. The summed E-state index contributed by atoms with van der Waals surface area (Å²) in [6.07, 6.45) is 3.96. The fourth-order valence-corrected chi connectivity index (χ4v) is 7.27. The Bertz CT molecular complexity index is 2750. The first-order chi connectivity index (χ1) is 25.3. The molecule has 250 valence electrons. The molecule has 0 amide bonds. The summed E-state index contributed by atoms with van der Waals surface area (Å²) in [7, 11) is 0. The van der Waals surface area contributed by atoms with Gasteiger partial charge in [0, 0.05) is 46.2 Å². The van der Waals surface area contributed by atoms with Gasteiger partial charge in [-0.05, 0) is 96.1 Å². The molecule has 3 aromatic heterocycles. The summed E-state index contributed by atoms with van der Waals surface area (Å²) >= 11 is 14.4. The standard InChI is InChI=1S/C40H22Br4N8/c41-25-7-1-22(2-8-25)33-20-31-19-29-15-16-30(45-29)21-34-50-51-40(52(34)32-17-13-28(44)14-18-32)49-39-47-36(24-5-11-27(43)12-6-24)38(48-39)35(37(33)46-31)23-3-9-26(42)10-4-23/h1-21,46H. The first-order valence-electron chi connectivity index (χ1n) is 16.0. The van der Waals surface area contributed by atoms with Crippen LogP contribution in [0.25, 0.3) is 62.6 Å². The van der Waals surface area contributed by atoms with E-state index >= 15 is 0 Å². The van der Waals surface area contributed by atoms with Crippen LogP contribution < -0.4 is 0 Å². The zero-order valence-electron chi connectivity index (χ0n) is 26.8. The molecule has 0 fully saturated rings. The average molecular weight is 934 g/mol. The molecule has 2 aliphatic heterocycles. The summed E-state index contributed by atoms with van der Waals surface area (Å²) in [6, 6.07) is 38.6. The van der Waals surface area contributed by atoms with Crippen molar-refractivity contribution in [2.75, 3.05) is 0 Å². The Balaban J connectivity index is 1.46. The van der Waals surface area contributed by atoms with Crippen LogP contribution in [-0.4, -0.2) is 40.4 Å². The van der Waals surface area contributed by atoms with Crippen LogP contribution in [0, 0.1) is 0 Å². The molecule has 0 saturated carbocycles. The third kappa shape index (κ3) is 6.40. The molecule has 0 aliphatic carbocycles. The van der Waals surface area contributed by atoms with E-state index in [0.29, 0.717) is 22.8 Å². The number of hydrogen-bond acceptors (Lipinski definition) is 6. The van der Waals surface area contributed by atoms with E-state index in [0.717, 1.165) is 73.8 Å². The van der Waals surface area contributed by atoms with Gasteiger partial charge < -0.3 is 4.98 Å². The summed E-state index contributed by atoms with van der Waals surface area (Å²) in [5.74, 6) is 0.588. The predicted octanol–water partition coefficient (Wildman–Crippen LogP) is 11.7. The van der Waals surface area contributed by atoms with Crippen molar-refractivity contribution in [2.24, 2.45) is 4.99 Å². The number of fused-ring (bicyclic) bond motifs is 8. The SMILES string of the molecule is Brc1ccc(C2=Nc3nc2c(-c2ccc(Br)cc2)c2[nH]c(cc4nc(cc5nnc(n3)n5-c3ccc(Br)cc3)C=C4)cc2-c2ccc(Br)cc2)cc1. The third-order valence-corrected chi connectivity index (χ3v) is 10.7. The van der Waals surface area contributed by atoms with E-state index in [1.54, 1.807) is 0 Å². The summed E-state index contributed by atoms with van der Waals surface area (Å²) in [4.78, 5) is 24.0. The highest BCUT2D eigenvalue weighted by Crippen LogP contribution is 2.38. The van der Waals surface area contributed by atoms with Gasteiger partial charge in [0.2, 0.25) is 0 Å². The van der Waals surface area contributed by atoms with E-state index in [1.165, 1.54) is 0 Å². The number of H-pyrrole nitrogens is 1. The van der Waals surface area contributed by atoms with Crippen molar-refractivity contribution < 1.29 is 0 Å². The maximum absolute atomic E-state index is 5.21. The lowest BCUT2D eigenvalue weighted by atomic mass is 9.95. The number of nitrogens with one attached hydrogen (secondary N) is 1. The van der Waals surface area contributed by atoms with Crippen molar-refractivity contribution in [3.05, 3.63) is 156 Å². The molecule has 0 radical (unpaired) electrons. The van der Waals surface area contributed by atoms with Crippen LogP contribution in [-0.2, 0) is 0 Å². The highest BCUT2D eigenvalue weighted by Gasteiger charge is 2.24. The second-order valence-electron chi connectivity index (χ2n) is 12.0. The Morgan fingerprint density at radius 1 is 0.538 bits per heavy atom. The van der Waals surface area contributed by atoms with E-state index in [9.17, 15) is 0 Å². The van der Waals surface area contributed by atoms with Crippen LogP contribution in [0.5, 0.6) is 0 Å². The van der Waals surface area contributed by atoms with Gasteiger partial charge in [-0.25, -0.2) is 15.0 Å². The van der Waals surface area contributed by atoms with Gasteiger partial charge in [0.1, 0.15) is 11.4 Å². The maximum Gasteiger partial charge on any atom is 0.259 e. The molecule has 0 spiro atoms. The van der Waals surface area contributed by atoms with Crippen LogP contribution in [0.2, 0.25) is 0 Å². The van der Waals surface area contributed by atoms with E-state index < -0.39 is 0 Å². The zero-order chi connectivity index (χ0) is 35.3. The molecule has 9 rings (SSSR count). The molecule has 5 heterocycles. The summed E-state index contributed by atoms with van der Waals surface area (Å²) in [5.41, 5.74) is 10.8. The van der Waals surface area contributed by atoms with Gasteiger partial charge in [-0.2, -0.15) is 4.98 Å². The Labute approximate surface area is 331 Å². The van der Waals surface area contributed by atoms with Crippen molar-refractivity contribution in [1.82, 2.24) is 34.7 Å². The number of nitrogens with zero attached hydrogens (tertiary/aromatic N) is 7. The fraction of sp³-hybridized carbons (Fsp3) is 0. The van der Waals surface area contributed by atoms with Crippen LogP contribution in [0.1, 0.15) is 22.6 Å². The smallest absolute Gasteiger partial charge is 0.259 e. The first-order valence-corrected chi connectivity index (χ1v) is 19.2. The molecule has 0 atom stereocenters. The molecule has 8 nitrogen and oxygen atoms in total. The Morgan fingerprint density at radius 2 is 1.12 bits per heavy atom. The minimum absolute atomic E-state index is 0.254. The Morgan fingerprint density at radius 3 is 1.77 bits per heavy atom. The highest BCUT2D eigenvalue weighted by molar-refractivity contribution is 9.11. The minimum Gasteiger partial charge on any atom is -0.354 e. The fourth-order valence-electron chi connectivity index (χ4n) is 6.22. The van der Waals surface area contributed by atoms with Crippen LogP contribution >= 0.6 is 63.7 Å². The molecule has 52 heavy (non-hydrogen) atoms. The van der Waals surface area contributed by atoms with E-state index in [4.69, 9.17) is 19.9 Å². The number of hydrogen-bond donors (Lipinski definition) is 1. The van der Waals surface area contributed by atoms with Crippen LogP contribution in [0.4, 0.5) is 5.95 Å². The number of aliphatic imine (C=N–C) groups is 1. The molecule has 12 heteroatoms. The predicted molar refractivity (Wildman–Crippen MR) is 222 cm³/mol. The normalized spacial score (nSPS) is 12.3. The van der Waals surface area contributed by atoms with Gasteiger partial charge in [-0.1, -0.05) is 100 Å². The molecule has 7 aromatic rings. The van der Waals surface area contributed by atoms with Crippen molar-refractivity contribution in [3.63, 3.8) is 0 Å². The van der Waals surface area contributed by atoms with Gasteiger partial charge in [-0.15, -0.1) is 10.2 Å². The molecular weight excluding hydrogens is 912 g/mol. The molecule has 2 aliphatic rings. The number of halogens is 4. The lowest BCUT2D eigenvalue weighted by molar-refractivity contribution is 1.07. The van der Waals surface area contributed by atoms with Gasteiger partial charge in [0.05, 0.1) is 22.6 Å². The second-order valence-corrected chi connectivity index (χ2v) is 15.7. The molecule has 4 aromatic carbocycles. The lowest BCUT2D eigenvalue weighted by Crippen LogP contribution is -2.03. The summed E-state index contributed by atoms with van der Waals surface area (Å²) in [6.45, 7) is 0. The van der Waals surface area contributed by atoms with Crippen molar-refractivity contribution in [3.8, 4) is 27.9 Å². The molecule has 0 unspecified atom stereocenters. The highest BCUT2D eigenvalue weighted by atomic mass is 79.9. The van der Waals surface area contributed by atoms with Gasteiger partial charge in [-0.3, -0.25) is 4.57 Å². The van der Waals surface area contributed by atoms with E-state index in [1.807, 2.05) is 102 Å². The number of aromatic amines is 1. The van der Waals surface area contributed by atoms with Gasteiger partial charge in [0.15, 0.2) is 5.65 Å². The number of rotatable bonds is 4. The topological polar surface area (TPSA) is 97.5 Å². The second kappa shape index (κ2) is 13.6. The number of benzene rings is 4.